The Bertz CT molecular complexity index is 948. The number of hydrogen-bond donors (Lipinski definition) is 1. The van der Waals surface area contributed by atoms with Crippen molar-refractivity contribution in [3.8, 4) is 17.2 Å². The van der Waals surface area contributed by atoms with Gasteiger partial charge in [-0.3, -0.25) is 5.32 Å². The number of ether oxygens (including phenoxy) is 4. The third-order valence-corrected chi connectivity index (χ3v) is 3.91. The Kier molecular flexibility index (Phi) is 5.96. The monoisotopic (exact) mass is 381 g/mol. The van der Waals surface area contributed by atoms with Gasteiger partial charge in [-0.25, -0.2) is 9.59 Å². The van der Waals surface area contributed by atoms with E-state index in [1.165, 1.54) is 11.6 Å². The fourth-order valence-electron chi connectivity index (χ4n) is 2.52. The molecule has 3 heterocycles. The molecule has 7 heteroatoms. The van der Waals surface area contributed by atoms with Crippen LogP contribution in [0.15, 0.2) is 60.3 Å². The highest BCUT2D eigenvalue weighted by atomic mass is 16.6. The van der Waals surface area contributed by atoms with Gasteiger partial charge in [0.1, 0.15) is 18.1 Å². The number of hydrogen-bond acceptors (Lipinski definition) is 6. The van der Waals surface area contributed by atoms with Gasteiger partial charge in [0.25, 0.3) is 0 Å². The molecule has 2 bridgehead atoms. The Balaban J connectivity index is 0.000000188. The molecule has 0 spiro atoms. The normalized spacial score (nSPS) is 15.6. The molecule has 3 aliphatic rings. The molecule has 0 saturated carbocycles. The van der Waals surface area contributed by atoms with Crippen LogP contribution in [-0.2, 0) is 16.1 Å². The molecule has 0 atom stereocenters. The van der Waals surface area contributed by atoms with Gasteiger partial charge >= 0.3 is 12.1 Å². The fourth-order valence-corrected chi connectivity index (χ4v) is 2.52. The zero-order valence-electron chi connectivity index (χ0n) is 15.4. The molecule has 144 valence electrons. The first kappa shape index (κ1) is 19.0. The Morgan fingerprint density at radius 1 is 1.07 bits per heavy atom. The lowest BCUT2D eigenvalue weighted by Gasteiger charge is -2.17. The molecule has 3 aliphatic heterocycles. The van der Waals surface area contributed by atoms with E-state index < -0.39 is 12.1 Å². The van der Waals surface area contributed by atoms with Gasteiger partial charge in [-0.2, -0.15) is 0 Å². The van der Waals surface area contributed by atoms with Crippen molar-refractivity contribution < 1.29 is 28.5 Å². The molecule has 28 heavy (non-hydrogen) atoms. The largest absolute Gasteiger partial charge is 0.497 e. The summed E-state index contributed by atoms with van der Waals surface area (Å²) >= 11 is 0. The average molecular weight is 381 g/mol. The van der Waals surface area contributed by atoms with Crippen molar-refractivity contribution in [1.29, 1.82) is 0 Å². The molecule has 0 aliphatic carbocycles. The molecule has 1 amide bonds. The zero-order valence-corrected chi connectivity index (χ0v) is 15.4. The second kappa shape index (κ2) is 8.77. The lowest BCUT2D eigenvalue weighted by atomic mass is 10.2. The molecule has 1 N–H and O–H groups in total. The molecule has 0 unspecified atom stereocenters. The van der Waals surface area contributed by atoms with Crippen LogP contribution in [0.3, 0.4) is 0 Å². The van der Waals surface area contributed by atoms with Crippen molar-refractivity contribution >= 4 is 18.1 Å². The SMILES string of the molecule is COc1cc2ccc1OC2.COc1cccc(C=CC=C2NC(=O)OC2=O)c1. The first-order valence-electron chi connectivity index (χ1n) is 8.44. The summed E-state index contributed by atoms with van der Waals surface area (Å²) in [5.74, 6) is 1.76. The Labute approximate surface area is 162 Å². The van der Waals surface area contributed by atoms with E-state index in [2.05, 4.69) is 10.1 Å². The van der Waals surface area contributed by atoms with Crippen LogP contribution >= 0.6 is 0 Å². The third-order valence-electron chi connectivity index (χ3n) is 3.91. The number of allylic oxidation sites excluding steroid dienone is 2. The van der Waals surface area contributed by atoms with E-state index in [-0.39, 0.29) is 5.70 Å². The summed E-state index contributed by atoms with van der Waals surface area (Å²) in [6.45, 7) is 0.693. The standard InChI is InChI=1S/C13H11NO4.C8H8O2/c1-17-10-6-2-4-9(8-10)5-3-7-11-12(15)18-13(16)14-11;1-9-8-4-6-2-3-7(8)10-5-6/h2-8H,1H3,(H,14,16);2-4H,5H2,1H3. The molecule has 0 radical (unpaired) electrons. The van der Waals surface area contributed by atoms with Crippen LogP contribution in [0.1, 0.15) is 11.1 Å². The number of nitrogens with one attached hydrogen (secondary N) is 1. The van der Waals surface area contributed by atoms with Gasteiger partial charge in [0, 0.05) is 0 Å². The van der Waals surface area contributed by atoms with Gasteiger partial charge < -0.3 is 18.9 Å². The Morgan fingerprint density at radius 3 is 2.46 bits per heavy atom. The second-order valence-corrected chi connectivity index (χ2v) is 5.79. The van der Waals surface area contributed by atoms with E-state index in [1.807, 2.05) is 42.5 Å². The number of amides is 1. The average Bonchev–Trinajstić information content (AvgIpc) is 3.06. The quantitative estimate of drug-likeness (QED) is 0.496. The van der Waals surface area contributed by atoms with Gasteiger partial charge in [-0.15, -0.1) is 0 Å². The summed E-state index contributed by atoms with van der Waals surface area (Å²) in [7, 11) is 3.24. The summed E-state index contributed by atoms with van der Waals surface area (Å²) in [5.41, 5.74) is 2.22. The maximum atomic E-state index is 11.1. The number of rotatable bonds is 4. The van der Waals surface area contributed by atoms with E-state index in [9.17, 15) is 9.59 Å². The smallest absolute Gasteiger partial charge is 0.419 e. The molecule has 2 aromatic rings. The highest BCUT2D eigenvalue weighted by Crippen LogP contribution is 2.32. The van der Waals surface area contributed by atoms with E-state index in [1.54, 1.807) is 26.4 Å². The first-order valence-corrected chi connectivity index (χ1v) is 8.44. The lowest BCUT2D eigenvalue weighted by Crippen LogP contribution is -2.11. The molecule has 1 saturated heterocycles. The van der Waals surface area contributed by atoms with Crippen LogP contribution < -0.4 is 19.5 Å². The maximum absolute atomic E-state index is 11.1. The van der Waals surface area contributed by atoms with Crippen LogP contribution in [-0.4, -0.2) is 26.3 Å². The highest BCUT2D eigenvalue weighted by molar-refractivity contribution is 6.04. The fraction of sp³-hybridized carbons (Fsp3) is 0.143. The van der Waals surface area contributed by atoms with E-state index in [0.29, 0.717) is 6.61 Å². The van der Waals surface area contributed by atoms with Crippen molar-refractivity contribution in [2.75, 3.05) is 14.2 Å². The molecule has 2 aromatic carbocycles. The first-order chi connectivity index (χ1) is 13.6. The van der Waals surface area contributed by atoms with E-state index >= 15 is 0 Å². The highest BCUT2D eigenvalue weighted by Gasteiger charge is 2.25. The summed E-state index contributed by atoms with van der Waals surface area (Å²) in [5, 5.41) is 2.29. The summed E-state index contributed by atoms with van der Waals surface area (Å²) in [4.78, 5) is 21.8. The number of alkyl carbamates (subject to hydrolysis) is 1. The number of carbonyl (C=O) groups excluding carboxylic acids is 2. The Hall–Kier alpha value is -3.74. The molecule has 0 aromatic heterocycles. The van der Waals surface area contributed by atoms with Crippen LogP contribution in [0.5, 0.6) is 17.2 Å². The van der Waals surface area contributed by atoms with Crippen molar-refractivity contribution in [2.45, 2.75) is 6.61 Å². The van der Waals surface area contributed by atoms with Crippen molar-refractivity contribution in [3.63, 3.8) is 0 Å². The third kappa shape index (κ3) is 4.70. The summed E-state index contributed by atoms with van der Waals surface area (Å²) in [6, 6.07) is 13.4. The summed E-state index contributed by atoms with van der Waals surface area (Å²) in [6.07, 6.45) is 4.16. The molecule has 1 fully saturated rings. The molecule has 7 nitrogen and oxygen atoms in total. The zero-order chi connectivity index (χ0) is 19.9. The molecular formula is C21H19NO6. The van der Waals surface area contributed by atoms with Crippen molar-refractivity contribution in [2.24, 2.45) is 0 Å². The summed E-state index contributed by atoms with van der Waals surface area (Å²) < 4.78 is 19.7. The number of esters is 1. The van der Waals surface area contributed by atoms with E-state index in [0.717, 1.165) is 22.8 Å². The van der Waals surface area contributed by atoms with Crippen molar-refractivity contribution in [3.05, 3.63) is 71.4 Å². The van der Waals surface area contributed by atoms with Gasteiger partial charge in [0.2, 0.25) is 0 Å². The minimum Gasteiger partial charge on any atom is -0.497 e. The number of carbonyl (C=O) groups is 2. The maximum Gasteiger partial charge on any atom is 0.419 e. The second-order valence-electron chi connectivity index (χ2n) is 5.79. The minimum absolute atomic E-state index is 0.124. The molecule has 5 rings (SSSR count). The van der Waals surface area contributed by atoms with Crippen LogP contribution in [0.2, 0.25) is 0 Å². The lowest BCUT2D eigenvalue weighted by molar-refractivity contribution is -0.130. The number of methoxy groups -OCH3 is 2. The predicted molar refractivity (Wildman–Crippen MR) is 102 cm³/mol. The molecular weight excluding hydrogens is 362 g/mol. The van der Waals surface area contributed by atoms with Gasteiger partial charge in [-0.1, -0.05) is 30.4 Å². The van der Waals surface area contributed by atoms with Crippen LogP contribution in [0.25, 0.3) is 6.08 Å². The van der Waals surface area contributed by atoms with Gasteiger partial charge in [0.05, 0.1) is 14.2 Å². The topological polar surface area (TPSA) is 83.1 Å². The Morgan fingerprint density at radius 2 is 1.93 bits per heavy atom. The van der Waals surface area contributed by atoms with Crippen LogP contribution in [0, 0.1) is 0 Å². The van der Waals surface area contributed by atoms with Gasteiger partial charge in [0.15, 0.2) is 11.5 Å². The number of cyclic esters (lactones) is 2. The number of fused-ring (bicyclic) bond motifs is 3. The van der Waals surface area contributed by atoms with Crippen LogP contribution in [0.4, 0.5) is 4.79 Å². The van der Waals surface area contributed by atoms with Gasteiger partial charge in [-0.05, 0) is 41.5 Å². The van der Waals surface area contributed by atoms with Crippen molar-refractivity contribution in [1.82, 2.24) is 5.32 Å². The minimum atomic E-state index is -0.749. The predicted octanol–water partition coefficient (Wildman–Crippen LogP) is 3.45. The number of benzene rings is 2. The van der Waals surface area contributed by atoms with E-state index in [4.69, 9.17) is 14.2 Å².